The molecule has 0 amide bonds. The Hall–Kier alpha value is -1.56. The predicted octanol–water partition coefficient (Wildman–Crippen LogP) is 1.24. The number of rotatable bonds is 4. The molecule has 8 heteroatoms. The number of sulfonamides is 1. The van der Waals surface area contributed by atoms with Gasteiger partial charge < -0.3 is 5.11 Å². The van der Waals surface area contributed by atoms with E-state index in [2.05, 4.69) is 0 Å². The number of hydrogen-bond acceptors (Lipinski definition) is 5. The first-order valence-electron chi connectivity index (χ1n) is 6.20. The lowest BCUT2D eigenvalue weighted by molar-refractivity contribution is -0.140. The van der Waals surface area contributed by atoms with Crippen LogP contribution < -0.4 is 0 Å². The van der Waals surface area contributed by atoms with Crippen LogP contribution in [0.2, 0.25) is 0 Å². The third kappa shape index (κ3) is 3.37. The fourth-order valence-corrected chi connectivity index (χ4v) is 5.73. The lowest BCUT2D eigenvalue weighted by atomic mass is 10.2. The second kappa shape index (κ2) is 6.05. The molecule has 6 nitrogen and oxygen atoms in total. The van der Waals surface area contributed by atoms with Gasteiger partial charge in [0.15, 0.2) is 0 Å². The Kier molecular flexibility index (Phi) is 4.56. The maximum absolute atomic E-state index is 12.5. The molecule has 0 spiro atoms. The summed E-state index contributed by atoms with van der Waals surface area (Å²) in [4.78, 5) is 11.2. The molecule has 112 valence electrons. The summed E-state index contributed by atoms with van der Waals surface area (Å²) < 4.78 is 26.0. The molecule has 1 N–H and O–H groups in total. The molecule has 1 heterocycles. The van der Waals surface area contributed by atoms with Crippen molar-refractivity contribution >= 4 is 27.8 Å². The van der Waals surface area contributed by atoms with Gasteiger partial charge >= 0.3 is 5.97 Å². The van der Waals surface area contributed by atoms with Crippen LogP contribution in [0.15, 0.2) is 24.3 Å². The van der Waals surface area contributed by atoms with E-state index in [1.54, 1.807) is 25.1 Å². The number of thioether (sulfide) groups is 1. The minimum absolute atomic E-state index is 0.244. The van der Waals surface area contributed by atoms with E-state index in [1.165, 1.54) is 17.8 Å². The first-order chi connectivity index (χ1) is 9.85. The summed E-state index contributed by atoms with van der Waals surface area (Å²) in [5, 5.41) is 17.6. The van der Waals surface area contributed by atoms with Crippen LogP contribution in [0.25, 0.3) is 0 Å². The van der Waals surface area contributed by atoms with E-state index in [-0.39, 0.29) is 11.5 Å². The largest absolute Gasteiger partial charge is 0.480 e. The summed E-state index contributed by atoms with van der Waals surface area (Å²) in [6.45, 7) is 1.68. The standard InChI is InChI=1S/C13H14N2O4S2/c1-9-15(12(7-20-9)13(16)17)21(18,19)8-11-4-2-3-10(5-11)6-14/h2-5,9,12H,7-8H2,1H3,(H,16,17). The Morgan fingerprint density at radius 2 is 2.29 bits per heavy atom. The van der Waals surface area contributed by atoms with Gasteiger partial charge in [-0.15, -0.1) is 11.8 Å². The number of benzene rings is 1. The van der Waals surface area contributed by atoms with Crippen LogP contribution in [-0.4, -0.2) is 41.0 Å². The number of carbonyl (C=O) groups is 1. The summed E-state index contributed by atoms with van der Waals surface area (Å²) in [6.07, 6.45) is 0. The van der Waals surface area contributed by atoms with E-state index in [0.717, 1.165) is 4.31 Å². The normalized spacial score (nSPS) is 22.9. The maximum Gasteiger partial charge on any atom is 0.322 e. The molecule has 1 aromatic carbocycles. The summed E-state index contributed by atoms with van der Waals surface area (Å²) >= 11 is 1.30. The van der Waals surface area contributed by atoms with E-state index in [0.29, 0.717) is 11.1 Å². The average Bonchev–Trinajstić information content (AvgIpc) is 2.81. The molecule has 0 aliphatic carbocycles. The molecule has 0 bridgehead atoms. The molecule has 2 atom stereocenters. The smallest absolute Gasteiger partial charge is 0.322 e. The monoisotopic (exact) mass is 326 g/mol. The van der Waals surface area contributed by atoms with Crippen LogP contribution in [0.3, 0.4) is 0 Å². The molecular formula is C13H14N2O4S2. The SMILES string of the molecule is CC1SCC(C(=O)O)N1S(=O)(=O)Cc1cccc(C#N)c1. The number of hydrogen-bond donors (Lipinski definition) is 1. The van der Waals surface area contributed by atoms with Crippen LogP contribution >= 0.6 is 11.8 Å². The minimum atomic E-state index is -3.76. The third-order valence-corrected chi connectivity index (χ3v) is 6.43. The average molecular weight is 326 g/mol. The van der Waals surface area contributed by atoms with Crippen LogP contribution in [0, 0.1) is 11.3 Å². The Balaban J connectivity index is 2.29. The third-order valence-electron chi connectivity index (χ3n) is 3.17. The van der Waals surface area contributed by atoms with E-state index in [4.69, 9.17) is 10.4 Å². The molecule has 1 saturated heterocycles. The summed E-state index contributed by atoms with van der Waals surface area (Å²) in [7, 11) is -3.76. The first kappa shape index (κ1) is 15.8. The van der Waals surface area contributed by atoms with E-state index in [1.807, 2.05) is 6.07 Å². The fraction of sp³-hybridized carbons (Fsp3) is 0.385. The van der Waals surface area contributed by atoms with Crippen molar-refractivity contribution in [2.45, 2.75) is 24.1 Å². The Morgan fingerprint density at radius 3 is 2.90 bits per heavy atom. The molecule has 0 aromatic heterocycles. The summed E-state index contributed by atoms with van der Waals surface area (Å²) in [6, 6.07) is 7.23. The van der Waals surface area contributed by atoms with E-state index < -0.39 is 27.4 Å². The van der Waals surface area contributed by atoms with Crippen molar-refractivity contribution in [2.24, 2.45) is 0 Å². The van der Waals surface area contributed by atoms with Gasteiger partial charge in [-0.3, -0.25) is 4.79 Å². The Bertz CT molecular complexity index is 696. The van der Waals surface area contributed by atoms with Crippen molar-refractivity contribution < 1.29 is 18.3 Å². The zero-order valence-electron chi connectivity index (χ0n) is 11.3. The van der Waals surface area contributed by atoms with Gasteiger partial charge in [0.25, 0.3) is 0 Å². The van der Waals surface area contributed by atoms with Crippen molar-refractivity contribution in [1.29, 1.82) is 5.26 Å². The van der Waals surface area contributed by atoms with E-state index in [9.17, 15) is 13.2 Å². The molecule has 1 aliphatic rings. The van der Waals surface area contributed by atoms with Gasteiger partial charge in [-0.25, -0.2) is 8.42 Å². The zero-order valence-corrected chi connectivity index (χ0v) is 12.9. The lowest BCUT2D eigenvalue weighted by Gasteiger charge is -2.24. The first-order valence-corrected chi connectivity index (χ1v) is 8.85. The van der Waals surface area contributed by atoms with Gasteiger partial charge in [0.05, 0.1) is 22.8 Å². The van der Waals surface area contributed by atoms with Crippen molar-refractivity contribution in [3.8, 4) is 6.07 Å². The molecule has 0 radical (unpaired) electrons. The fourth-order valence-electron chi connectivity index (χ4n) is 2.25. The predicted molar refractivity (Wildman–Crippen MR) is 79.0 cm³/mol. The van der Waals surface area contributed by atoms with Crippen molar-refractivity contribution in [2.75, 3.05) is 5.75 Å². The minimum Gasteiger partial charge on any atom is -0.480 e. The second-order valence-corrected chi connectivity index (χ2v) is 7.91. The van der Waals surface area contributed by atoms with Crippen molar-refractivity contribution in [3.63, 3.8) is 0 Å². The highest BCUT2D eigenvalue weighted by molar-refractivity contribution is 8.01. The molecule has 1 fully saturated rings. The van der Waals surface area contributed by atoms with Gasteiger partial charge in [0.2, 0.25) is 10.0 Å². The molecule has 21 heavy (non-hydrogen) atoms. The highest BCUT2D eigenvalue weighted by Gasteiger charge is 2.43. The molecule has 1 aromatic rings. The van der Waals surface area contributed by atoms with Gasteiger partial charge in [0, 0.05) is 5.75 Å². The second-order valence-electron chi connectivity index (χ2n) is 4.69. The maximum atomic E-state index is 12.5. The van der Waals surface area contributed by atoms with Crippen LogP contribution in [0.1, 0.15) is 18.1 Å². The summed E-state index contributed by atoms with van der Waals surface area (Å²) in [5.41, 5.74) is 0.851. The van der Waals surface area contributed by atoms with Crippen molar-refractivity contribution in [1.82, 2.24) is 4.31 Å². The summed E-state index contributed by atoms with van der Waals surface area (Å²) in [5.74, 6) is -1.20. The molecule has 0 saturated carbocycles. The number of nitrogens with zero attached hydrogens (tertiary/aromatic N) is 2. The van der Waals surface area contributed by atoms with Crippen molar-refractivity contribution in [3.05, 3.63) is 35.4 Å². The van der Waals surface area contributed by atoms with E-state index >= 15 is 0 Å². The molecule has 2 unspecified atom stereocenters. The van der Waals surface area contributed by atoms with Crippen LogP contribution in [0.5, 0.6) is 0 Å². The highest BCUT2D eigenvalue weighted by atomic mass is 32.2. The molecule has 1 aliphatic heterocycles. The number of nitriles is 1. The van der Waals surface area contributed by atoms with Crippen LogP contribution in [-0.2, 0) is 20.6 Å². The lowest BCUT2D eigenvalue weighted by Crippen LogP contribution is -2.45. The quantitative estimate of drug-likeness (QED) is 0.893. The zero-order chi connectivity index (χ0) is 15.6. The number of carboxylic acids is 1. The Morgan fingerprint density at radius 1 is 1.57 bits per heavy atom. The van der Waals surface area contributed by atoms with Gasteiger partial charge in [0.1, 0.15) is 6.04 Å². The highest BCUT2D eigenvalue weighted by Crippen LogP contribution is 2.32. The van der Waals surface area contributed by atoms with Gasteiger partial charge in [-0.05, 0) is 24.6 Å². The number of aliphatic carboxylic acids is 1. The van der Waals surface area contributed by atoms with Gasteiger partial charge in [-0.2, -0.15) is 9.57 Å². The topological polar surface area (TPSA) is 98.5 Å². The molecular weight excluding hydrogens is 312 g/mol. The van der Waals surface area contributed by atoms with Crippen LogP contribution in [0.4, 0.5) is 0 Å². The molecule has 2 rings (SSSR count). The number of carboxylic acid groups (broad SMARTS) is 1. The van der Waals surface area contributed by atoms with Gasteiger partial charge in [-0.1, -0.05) is 12.1 Å². The Labute approximate surface area is 127 Å².